The average molecular weight is 497 g/mol. The number of rotatable bonds is 10. The molecule has 0 fully saturated rings. The Morgan fingerprint density at radius 2 is 1.71 bits per heavy atom. The molecule has 0 aliphatic carbocycles. The second-order valence-electron chi connectivity index (χ2n) is 7.61. The fourth-order valence-electron chi connectivity index (χ4n) is 3.74. The van der Waals surface area contributed by atoms with E-state index in [1.54, 1.807) is 65.3 Å². The van der Waals surface area contributed by atoms with Crippen molar-refractivity contribution in [2.24, 2.45) is 0 Å². The molecule has 4 rings (SSSR count). The first-order valence-corrected chi connectivity index (χ1v) is 13.1. The number of nitrogens with one attached hydrogen (secondary N) is 1. The van der Waals surface area contributed by atoms with E-state index in [1.807, 2.05) is 41.8 Å². The van der Waals surface area contributed by atoms with E-state index >= 15 is 0 Å². The van der Waals surface area contributed by atoms with Crippen molar-refractivity contribution in [1.82, 2.24) is 9.79 Å². The molecule has 4 aromatic rings. The second kappa shape index (κ2) is 10.8. The second-order valence-corrected chi connectivity index (χ2v) is 10.5. The number of fused-ring (bicyclic) bond motifs is 1. The van der Waals surface area contributed by atoms with Crippen molar-refractivity contribution in [3.8, 4) is 5.75 Å². The molecule has 176 valence electrons. The van der Waals surface area contributed by atoms with Gasteiger partial charge in [0.15, 0.2) is 0 Å². The van der Waals surface area contributed by atoms with Gasteiger partial charge in [-0.25, -0.2) is 13.9 Å². The molecular weight excluding hydrogens is 472 g/mol. The van der Waals surface area contributed by atoms with Crippen molar-refractivity contribution >= 4 is 37.4 Å². The van der Waals surface area contributed by atoms with Gasteiger partial charge in [0.25, 0.3) is 5.91 Å². The highest BCUT2D eigenvalue weighted by Gasteiger charge is 2.36. The van der Waals surface area contributed by atoms with Crippen LogP contribution < -0.4 is 10.2 Å². The summed E-state index contributed by atoms with van der Waals surface area (Å²) in [6.45, 7) is -0.0697. The van der Waals surface area contributed by atoms with E-state index in [9.17, 15) is 18.4 Å². The van der Waals surface area contributed by atoms with E-state index in [0.717, 1.165) is 14.4 Å². The lowest BCUT2D eigenvalue weighted by atomic mass is 10.1. The lowest BCUT2D eigenvalue weighted by molar-refractivity contribution is -0.133. The van der Waals surface area contributed by atoms with Crippen LogP contribution in [0.2, 0.25) is 0 Å². The summed E-state index contributed by atoms with van der Waals surface area (Å²) in [6, 6.07) is 23.7. The number of carbonyl (C=O) groups excluding carboxylic acids is 1. The largest absolute Gasteiger partial charge is 0.492 e. The van der Waals surface area contributed by atoms with E-state index in [1.165, 1.54) is 0 Å². The molecule has 0 saturated carbocycles. The van der Waals surface area contributed by atoms with E-state index in [2.05, 4.69) is 0 Å². The molecule has 1 unspecified atom stereocenters. The Morgan fingerprint density at radius 3 is 2.41 bits per heavy atom. The van der Waals surface area contributed by atoms with Crippen molar-refractivity contribution in [2.45, 2.75) is 11.8 Å². The molecule has 1 heterocycles. The molecule has 2 N–H and O–H groups in total. The Bertz CT molecular complexity index is 1340. The van der Waals surface area contributed by atoms with Crippen LogP contribution >= 0.6 is 11.3 Å². The van der Waals surface area contributed by atoms with Gasteiger partial charge in [-0.3, -0.25) is 10.0 Å². The Hall–Kier alpha value is -3.24. The smallest absolute Gasteiger partial charge is 0.266 e. The summed E-state index contributed by atoms with van der Waals surface area (Å²) < 4.78 is 35.2. The zero-order chi connectivity index (χ0) is 24.0. The van der Waals surface area contributed by atoms with Gasteiger partial charge in [0, 0.05) is 11.2 Å². The summed E-state index contributed by atoms with van der Waals surface area (Å²) in [4.78, 5) is 12.7. The third-order valence-electron chi connectivity index (χ3n) is 5.31. The molecule has 9 heteroatoms. The Labute approximate surface area is 202 Å². The van der Waals surface area contributed by atoms with E-state index in [0.29, 0.717) is 16.9 Å². The van der Waals surface area contributed by atoms with Gasteiger partial charge in [-0.1, -0.05) is 54.6 Å². The van der Waals surface area contributed by atoms with E-state index < -0.39 is 22.0 Å². The number of hydroxylamine groups is 1. The highest BCUT2D eigenvalue weighted by atomic mass is 32.2. The van der Waals surface area contributed by atoms with Gasteiger partial charge in [0.2, 0.25) is 10.0 Å². The molecule has 0 spiro atoms. The molecule has 0 saturated heterocycles. The molecule has 7 nitrogen and oxygen atoms in total. The molecule has 0 aliphatic rings. The molecule has 0 aliphatic heterocycles. The molecule has 1 atom stereocenters. The summed E-state index contributed by atoms with van der Waals surface area (Å²) in [5.74, 6) is -0.556. The molecule has 0 bridgehead atoms. The van der Waals surface area contributed by atoms with Crippen molar-refractivity contribution in [3.63, 3.8) is 0 Å². The van der Waals surface area contributed by atoms with Crippen LogP contribution in [0, 0.1) is 0 Å². The first kappa shape index (κ1) is 23.9. The van der Waals surface area contributed by atoms with Crippen LogP contribution in [0.5, 0.6) is 5.75 Å². The number of para-hydroxylation sites is 1. The fourth-order valence-corrected chi connectivity index (χ4v) is 6.17. The first-order valence-electron chi connectivity index (χ1n) is 10.6. The number of hydrogen-bond donors (Lipinski definition) is 2. The van der Waals surface area contributed by atoms with Gasteiger partial charge in [-0.05, 0) is 52.2 Å². The Kier molecular flexibility index (Phi) is 7.59. The van der Waals surface area contributed by atoms with Crippen molar-refractivity contribution in [1.29, 1.82) is 0 Å². The lowest BCUT2D eigenvalue weighted by Crippen LogP contribution is -2.45. The van der Waals surface area contributed by atoms with Crippen LogP contribution in [-0.2, 0) is 20.6 Å². The summed E-state index contributed by atoms with van der Waals surface area (Å²) in [7, 11) is -4.00. The molecular formula is C25H24N2O5S2. The van der Waals surface area contributed by atoms with Crippen molar-refractivity contribution in [3.05, 3.63) is 101 Å². The standard InChI is InChI=1S/C25H24N2O5S2/c28-25(26-29)24(20-7-3-1-4-8-20)27(14-15-32-22-9-5-2-6-10-22)34(30,31)18-19-11-12-23-21(17-19)13-16-33-23/h1-13,16-17,24,29H,14-15,18H2,(H,26,28). The Balaban J connectivity index is 1.66. The molecule has 1 amide bonds. The van der Waals surface area contributed by atoms with Crippen LogP contribution in [0.25, 0.3) is 10.1 Å². The third-order valence-corrected chi connectivity index (χ3v) is 8.01. The molecule has 1 aromatic heterocycles. The van der Waals surface area contributed by atoms with E-state index in [-0.39, 0.29) is 18.9 Å². The summed E-state index contributed by atoms with van der Waals surface area (Å²) in [5, 5.41) is 12.3. The minimum Gasteiger partial charge on any atom is -0.492 e. The topological polar surface area (TPSA) is 95.9 Å². The highest BCUT2D eigenvalue weighted by molar-refractivity contribution is 7.88. The zero-order valence-corrected chi connectivity index (χ0v) is 19.8. The third kappa shape index (κ3) is 5.63. The van der Waals surface area contributed by atoms with Gasteiger partial charge in [0.1, 0.15) is 18.4 Å². The molecule has 3 aromatic carbocycles. The number of benzene rings is 3. The average Bonchev–Trinajstić information content (AvgIpc) is 3.32. The molecule has 0 radical (unpaired) electrons. The predicted molar refractivity (Wildman–Crippen MR) is 132 cm³/mol. The maximum Gasteiger partial charge on any atom is 0.266 e. The highest BCUT2D eigenvalue weighted by Crippen LogP contribution is 2.28. The number of amides is 1. The van der Waals surface area contributed by atoms with Gasteiger partial charge in [-0.15, -0.1) is 11.3 Å². The minimum absolute atomic E-state index is 0.0227. The fraction of sp³-hybridized carbons (Fsp3) is 0.160. The van der Waals surface area contributed by atoms with Crippen LogP contribution in [0.1, 0.15) is 17.2 Å². The van der Waals surface area contributed by atoms with Gasteiger partial charge in [-0.2, -0.15) is 4.31 Å². The number of ether oxygens (including phenoxy) is 1. The predicted octanol–water partition coefficient (Wildman–Crippen LogP) is 4.36. The summed E-state index contributed by atoms with van der Waals surface area (Å²) >= 11 is 1.58. The van der Waals surface area contributed by atoms with Gasteiger partial charge in [0.05, 0.1) is 5.75 Å². The normalized spacial score (nSPS) is 12.5. The Morgan fingerprint density at radius 1 is 1.00 bits per heavy atom. The van der Waals surface area contributed by atoms with Crippen molar-refractivity contribution in [2.75, 3.05) is 13.2 Å². The maximum absolute atomic E-state index is 13.7. The number of thiophene rings is 1. The zero-order valence-electron chi connectivity index (χ0n) is 18.2. The monoisotopic (exact) mass is 496 g/mol. The number of carbonyl (C=O) groups is 1. The lowest BCUT2D eigenvalue weighted by Gasteiger charge is -2.29. The quantitative estimate of drug-likeness (QED) is 0.251. The van der Waals surface area contributed by atoms with E-state index in [4.69, 9.17) is 4.74 Å². The van der Waals surface area contributed by atoms with Crippen LogP contribution in [0.4, 0.5) is 0 Å². The number of sulfonamides is 1. The number of nitrogens with zero attached hydrogens (tertiary/aromatic N) is 1. The summed E-state index contributed by atoms with van der Waals surface area (Å²) in [5.41, 5.74) is 2.67. The van der Waals surface area contributed by atoms with Crippen LogP contribution in [0.3, 0.4) is 0 Å². The summed E-state index contributed by atoms with van der Waals surface area (Å²) in [6.07, 6.45) is 0. The maximum atomic E-state index is 13.7. The van der Waals surface area contributed by atoms with Crippen LogP contribution in [-0.4, -0.2) is 37.0 Å². The minimum atomic E-state index is -4.00. The van der Waals surface area contributed by atoms with Gasteiger partial charge >= 0.3 is 0 Å². The van der Waals surface area contributed by atoms with Crippen molar-refractivity contribution < 1.29 is 23.2 Å². The SMILES string of the molecule is O=C(NO)C(c1ccccc1)N(CCOc1ccccc1)S(=O)(=O)Cc1ccc2sccc2c1. The molecule has 34 heavy (non-hydrogen) atoms. The first-order chi connectivity index (χ1) is 16.5. The number of hydrogen-bond acceptors (Lipinski definition) is 6. The van der Waals surface area contributed by atoms with Crippen LogP contribution in [0.15, 0.2) is 90.3 Å². The van der Waals surface area contributed by atoms with Gasteiger partial charge < -0.3 is 4.74 Å².